The third-order valence-electron chi connectivity index (χ3n) is 4.09. The number of rotatable bonds is 0. The molecule has 2 aliphatic rings. The second-order valence-electron chi connectivity index (χ2n) is 5.60. The summed E-state index contributed by atoms with van der Waals surface area (Å²) in [5, 5.41) is 0.894. The standard InChI is InChI=1S/C16H13N3O2S4/c1-17-8-6-4-5-7-9(8)23-14(17)10-12(20)18(2)15(24-10)11-13(21)19(3)16(22)25-11/h4-7H,1-3H3. The van der Waals surface area contributed by atoms with Crippen LogP contribution < -0.4 is 19.7 Å². The third kappa shape index (κ3) is 2.49. The molecule has 9 heteroatoms. The average molecular weight is 408 g/mol. The number of benzene rings is 1. The average Bonchev–Trinajstić information content (AvgIpc) is 3.18. The zero-order valence-corrected chi connectivity index (χ0v) is 16.9. The molecule has 0 saturated carbocycles. The maximum Gasteiger partial charge on any atom is 0.271 e. The Balaban J connectivity index is 1.98. The van der Waals surface area contributed by atoms with Crippen molar-refractivity contribution in [2.45, 2.75) is 4.90 Å². The molecule has 0 N–H and O–H groups in total. The zero-order chi connectivity index (χ0) is 17.9. The summed E-state index contributed by atoms with van der Waals surface area (Å²) in [7, 11) is 5.31. The van der Waals surface area contributed by atoms with Gasteiger partial charge in [-0.25, -0.2) is 0 Å². The van der Waals surface area contributed by atoms with E-state index in [2.05, 4.69) is 0 Å². The van der Waals surface area contributed by atoms with Crippen molar-refractivity contribution in [3.63, 3.8) is 0 Å². The lowest BCUT2D eigenvalue weighted by Crippen LogP contribution is -2.32. The molecule has 1 saturated heterocycles. The normalized spacial score (nSPS) is 21.4. The largest absolute Gasteiger partial charge is 0.337 e. The van der Waals surface area contributed by atoms with E-state index in [1.165, 1.54) is 28.0 Å². The van der Waals surface area contributed by atoms with E-state index in [4.69, 9.17) is 12.2 Å². The minimum atomic E-state index is -0.154. The molecule has 0 atom stereocenters. The number of thiazole rings is 1. The molecule has 0 spiro atoms. The number of aromatic nitrogens is 1. The monoisotopic (exact) mass is 407 g/mol. The number of thioether (sulfide) groups is 2. The van der Waals surface area contributed by atoms with Gasteiger partial charge >= 0.3 is 0 Å². The second-order valence-corrected chi connectivity index (χ2v) is 9.27. The van der Waals surface area contributed by atoms with Crippen LogP contribution in [-0.2, 0) is 11.8 Å². The SMILES string of the molecule is CN1C(=O)C(=c2sc(=C3Sc4ccccc4N3C)c(=O)n2C)SC1=S. The lowest BCUT2D eigenvalue weighted by molar-refractivity contribution is -0.119. The van der Waals surface area contributed by atoms with Gasteiger partial charge in [0.05, 0.1) is 5.69 Å². The lowest BCUT2D eigenvalue weighted by atomic mass is 10.3. The molecule has 1 fully saturated rings. The Kier molecular flexibility index (Phi) is 4.06. The Morgan fingerprint density at radius 1 is 1.00 bits per heavy atom. The number of hydrogen-bond donors (Lipinski definition) is 0. The highest BCUT2D eigenvalue weighted by Crippen LogP contribution is 2.44. The third-order valence-corrected chi connectivity index (χ3v) is 8.37. The molecular weight excluding hydrogens is 394 g/mol. The number of anilines is 1. The Labute approximate surface area is 161 Å². The summed E-state index contributed by atoms with van der Waals surface area (Å²) in [6.07, 6.45) is 0. The van der Waals surface area contributed by atoms with E-state index < -0.39 is 0 Å². The van der Waals surface area contributed by atoms with E-state index in [1.807, 2.05) is 36.2 Å². The first-order chi connectivity index (χ1) is 11.9. The molecule has 2 aliphatic heterocycles. The Morgan fingerprint density at radius 2 is 1.72 bits per heavy atom. The lowest BCUT2D eigenvalue weighted by Gasteiger charge is -2.11. The van der Waals surface area contributed by atoms with Crippen molar-refractivity contribution in [2.24, 2.45) is 7.05 Å². The molecular formula is C16H13N3O2S4. The quantitative estimate of drug-likeness (QED) is 0.615. The van der Waals surface area contributed by atoms with Gasteiger partial charge in [0, 0.05) is 26.0 Å². The van der Waals surface area contributed by atoms with Gasteiger partial charge in [-0.05, 0) is 12.1 Å². The number of hydrogen-bond acceptors (Lipinski definition) is 7. The van der Waals surface area contributed by atoms with E-state index >= 15 is 0 Å². The first-order valence-electron chi connectivity index (χ1n) is 7.35. The summed E-state index contributed by atoms with van der Waals surface area (Å²) in [5.41, 5.74) is 0.989. The fraction of sp³-hybridized carbons (Fsp3) is 0.188. The van der Waals surface area contributed by atoms with Crippen molar-refractivity contribution in [3.05, 3.63) is 43.8 Å². The van der Waals surface area contributed by atoms with Crippen LogP contribution in [0.4, 0.5) is 5.69 Å². The highest BCUT2D eigenvalue weighted by atomic mass is 32.2. The number of carbonyl (C=O) groups excluding carboxylic acids is 1. The Morgan fingerprint density at radius 3 is 2.36 bits per heavy atom. The molecule has 25 heavy (non-hydrogen) atoms. The predicted octanol–water partition coefficient (Wildman–Crippen LogP) is 1.35. The van der Waals surface area contributed by atoms with Gasteiger partial charge in [-0.15, -0.1) is 11.3 Å². The van der Waals surface area contributed by atoms with Crippen LogP contribution in [0.1, 0.15) is 0 Å². The van der Waals surface area contributed by atoms with Gasteiger partial charge < -0.3 is 9.47 Å². The summed E-state index contributed by atoms with van der Waals surface area (Å²) < 4.78 is 3.35. The summed E-state index contributed by atoms with van der Waals surface area (Å²) in [5.74, 6) is -0.154. The molecule has 2 aromatic rings. The zero-order valence-electron chi connectivity index (χ0n) is 13.6. The predicted molar refractivity (Wildman–Crippen MR) is 109 cm³/mol. The maximum atomic E-state index is 12.8. The summed E-state index contributed by atoms with van der Waals surface area (Å²) in [6, 6.07) is 8.05. The number of nitrogens with zero attached hydrogens (tertiary/aromatic N) is 3. The fourth-order valence-corrected chi connectivity index (χ4v) is 6.46. The van der Waals surface area contributed by atoms with E-state index in [0.29, 0.717) is 18.4 Å². The van der Waals surface area contributed by atoms with E-state index in [1.54, 1.807) is 30.4 Å². The van der Waals surface area contributed by atoms with Crippen molar-refractivity contribution in [1.82, 2.24) is 9.47 Å². The van der Waals surface area contributed by atoms with E-state index in [-0.39, 0.29) is 11.5 Å². The number of para-hydroxylation sites is 1. The van der Waals surface area contributed by atoms with Crippen LogP contribution in [0.2, 0.25) is 0 Å². The van der Waals surface area contributed by atoms with Gasteiger partial charge in [-0.1, -0.05) is 47.9 Å². The van der Waals surface area contributed by atoms with Crippen LogP contribution in [-0.4, -0.2) is 33.8 Å². The van der Waals surface area contributed by atoms with Gasteiger partial charge in [-0.2, -0.15) is 0 Å². The molecule has 5 nitrogen and oxygen atoms in total. The molecule has 1 amide bonds. The molecule has 3 heterocycles. The fourth-order valence-electron chi connectivity index (χ4n) is 2.66. The molecule has 1 aromatic carbocycles. The van der Waals surface area contributed by atoms with Crippen molar-refractivity contribution < 1.29 is 4.79 Å². The number of amides is 1. The van der Waals surface area contributed by atoms with Crippen molar-refractivity contribution in [3.8, 4) is 0 Å². The van der Waals surface area contributed by atoms with Crippen molar-refractivity contribution in [2.75, 3.05) is 19.0 Å². The number of carbonyl (C=O) groups is 1. The van der Waals surface area contributed by atoms with Crippen LogP contribution in [0.25, 0.3) is 9.93 Å². The van der Waals surface area contributed by atoms with Crippen LogP contribution in [0.15, 0.2) is 34.0 Å². The molecule has 0 aliphatic carbocycles. The minimum Gasteiger partial charge on any atom is -0.337 e. The molecule has 0 bridgehead atoms. The van der Waals surface area contributed by atoms with Gasteiger partial charge in [0.2, 0.25) is 0 Å². The Bertz CT molecular complexity index is 1120. The number of fused-ring (bicyclic) bond motifs is 1. The first-order valence-corrected chi connectivity index (χ1v) is 10.2. The highest BCUT2D eigenvalue weighted by Gasteiger charge is 2.31. The first kappa shape index (κ1) is 16.9. The second kappa shape index (κ2) is 6.01. The van der Waals surface area contributed by atoms with Crippen LogP contribution in [0.5, 0.6) is 0 Å². The van der Waals surface area contributed by atoms with Gasteiger partial charge in [-0.3, -0.25) is 14.5 Å². The van der Waals surface area contributed by atoms with Gasteiger partial charge in [0.1, 0.15) is 23.4 Å². The van der Waals surface area contributed by atoms with Gasteiger partial charge in [0.15, 0.2) is 0 Å². The van der Waals surface area contributed by atoms with Crippen molar-refractivity contribution in [1.29, 1.82) is 0 Å². The van der Waals surface area contributed by atoms with E-state index in [0.717, 1.165) is 15.6 Å². The van der Waals surface area contributed by atoms with Crippen molar-refractivity contribution >= 4 is 72.9 Å². The summed E-state index contributed by atoms with van der Waals surface area (Å²) in [6.45, 7) is 0. The molecule has 128 valence electrons. The molecule has 4 rings (SSSR count). The molecule has 0 unspecified atom stereocenters. The molecule has 1 aromatic heterocycles. The van der Waals surface area contributed by atoms with Crippen LogP contribution in [0.3, 0.4) is 0 Å². The van der Waals surface area contributed by atoms with Crippen LogP contribution in [0, 0.1) is 0 Å². The van der Waals surface area contributed by atoms with Gasteiger partial charge in [0.25, 0.3) is 11.5 Å². The number of thiocarbonyl (C=S) groups is 1. The Hall–Kier alpha value is -1.55. The van der Waals surface area contributed by atoms with Crippen LogP contribution >= 0.6 is 47.1 Å². The minimum absolute atomic E-state index is 0.0940. The summed E-state index contributed by atoms with van der Waals surface area (Å²) >= 11 is 9.38. The topological polar surface area (TPSA) is 45.6 Å². The molecule has 0 radical (unpaired) electrons. The van der Waals surface area contributed by atoms with E-state index in [9.17, 15) is 9.59 Å². The summed E-state index contributed by atoms with van der Waals surface area (Å²) in [4.78, 5) is 30.3. The smallest absolute Gasteiger partial charge is 0.271 e. The maximum absolute atomic E-state index is 12.8. The highest BCUT2D eigenvalue weighted by molar-refractivity contribution is 8.30.